The Morgan fingerprint density at radius 1 is 1.12 bits per heavy atom. The van der Waals surface area contributed by atoms with Gasteiger partial charge in [0.1, 0.15) is 0 Å². The lowest BCUT2D eigenvalue weighted by Crippen LogP contribution is -2.39. The highest BCUT2D eigenvalue weighted by molar-refractivity contribution is 6.01. The fraction of sp³-hybridized carbons (Fsp3) is 0.550. The van der Waals surface area contributed by atoms with E-state index in [1.54, 1.807) is 23.1 Å². The molecule has 0 unspecified atom stereocenters. The summed E-state index contributed by atoms with van der Waals surface area (Å²) in [6, 6.07) is 7.42. The third-order valence-corrected chi connectivity index (χ3v) is 5.18. The summed E-state index contributed by atoms with van der Waals surface area (Å²) in [4.78, 5) is 37.9. The summed E-state index contributed by atoms with van der Waals surface area (Å²) >= 11 is 0. The van der Waals surface area contributed by atoms with Gasteiger partial charge in [-0.3, -0.25) is 14.4 Å². The first-order chi connectivity index (χ1) is 12.5. The Bertz CT molecular complexity index is 681. The molecule has 3 rings (SSSR count). The van der Waals surface area contributed by atoms with Crippen molar-refractivity contribution in [3.05, 3.63) is 24.3 Å². The maximum absolute atomic E-state index is 12.6. The third kappa shape index (κ3) is 4.62. The van der Waals surface area contributed by atoms with E-state index in [4.69, 9.17) is 0 Å². The minimum atomic E-state index is -0.310. The molecule has 0 aromatic heterocycles. The summed E-state index contributed by atoms with van der Waals surface area (Å²) in [7, 11) is 0. The van der Waals surface area contributed by atoms with Gasteiger partial charge in [0, 0.05) is 37.3 Å². The minimum absolute atomic E-state index is 0.00855. The van der Waals surface area contributed by atoms with Crippen molar-refractivity contribution in [1.82, 2.24) is 5.32 Å². The lowest BCUT2D eigenvalue weighted by Gasteiger charge is -2.20. The molecule has 1 atom stereocenters. The summed E-state index contributed by atoms with van der Waals surface area (Å²) in [5.74, 6) is -0.525. The van der Waals surface area contributed by atoms with E-state index in [-0.39, 0.29) is 36.1 Å². The third-order valence-electron chi connectivity index (χ3n) is 5.18. The van der Waals surface area contributed by atoms with E-state index in [1.165, 1.54) is 19.8 Å². The number of rotatable bonds is 4. The highest BCUT2D eigenvalue weighted by atomic mass is 16.2. The van der Waals surface area contributed by atoms with Gasteiger partial charge in [-0.25, -0.2) is 0 Å². The molecule has 1 aromatic carbocycles. The fourth-order valence-electron chi connectivity index (χ4n) is 3.83. The molecule has 3 amide bonds. The smallest absolute Gasteiger partial charge is 0.227 e. The highest BCUT2D eigenvalue weighted by Crippen LogP contribution is 2.28. The summed E-state index contributed by atoms with van der Waals surface area (Å²) in [6.45, 7) is 1.84. The number of carbonyl (C=O) groups excluding carboxylic acids is 3. The monoisotopic (exact) mass is 357 g/mol. The molecule has 0 radical (unpaired) electrons. The second-order valence-electron chi connectivity index (χ2n) is 7.33. The molecule has 2 fully saturated rings. The van der Waals surface area contributed by atoms with Crippen LogP contribution >= 0.6 is 0 Å². The Balaban J connectivity index is 1.62. The molecule has 1 saturated carbocycles. The Kier molecular flexibility index (Phi) is 5.91. The number of nitrogens with one attached hydrogen (secondary N) is 2. The number of carbonyl (C=O) groups is 3. The van der Waals surface area contributed by atoms with E-state index in [9.17, 15) is 14.4 Å². The molecule has 0 spiro atoms. The first kappa shape index (κ1) is 18.4. The van der Waals surface area contributed by atoms with Crippen LogP contribution in [0.5, 0.6) is 0 Å². The van der Waals surface area contributed by atoms with Crippen molar-refractivity contribution in [2.24, 2.45) is 5.92 Å². The predicted octanol–water partition coefficient (Wildman–Crippen LogP) is 2.84. The molecule has 0 bridgehead atoms. The van der Waals surface area contributed by atoms with Crippen molar-refractivity contribution in [3.8, 4) is 0 Å². The molecule has 1 aliphatic carbocycles. The fourth-order valence-corrected chi connectivity index (χ4v) is 3.83. The molecular weight excluding hydrogens is 330 g/mol. The molecule has 26 heavy (non-hydrogen) atoms. The van der Waals surface area contributed by atoms with Gasteiger partial charge in [-0.2, -0.15) is 0 Å². The molecule has 2 aliphatic rings. The quantitative estimate of drug-likeness (QED) is 0.814. The Labute approximate surface area is 154 Å². The minimum Gasteiger partial charge on any atom is -0.353 e. The molecule has 140 valence electrons. The van der Waals surface area contributed by atoms with Crippen LogP contribution in [0.4, 0.5) is 11.4 Å². The van der Waals surface area contributed by atoms with Crippen LogP contribution in [0.3, 0.4) is 0 Å². The molecule has 2 N–H and O–H groups in total. The van der Waals surface area contributed by atoms with Gasteiger partial charge < -0.3 is 15.5 Å². The number of hydrogen-bond acceptors (Lipinski definition) is 3. The lowest BCUT2D eigenvalue weighted by molar-refractivity contribution is -0.127. The van der Waals surface area contributed by atoms with Crippen molar-refractivity contribution in [2.45, 2.75) is 57.9 Å². The van der Waals surface area contributed by atoms with Crippen LogP contribution in [0.15, 0.2) is 24.3 Å². The molecular formula is C20H27N3O3. The van der Waals surface area contributed by atoms with Crippen molar-refractivity contribution in [1.29, 1.82) is 0 Å². The van der Waals surface area contributed by atoms with Crippen LogP contribution < -0.4 is 15.5 Å². The second kappa shape index (κ2) is 8.34. The van der Waals surface area contributed by atoms with Gasteiger partial charge >= 0.3 is 0 Å². The summed E-state index contributed by atoms with van der Waals surface area (Å²) < 4.78 is 0. The zero-order valence-corrected chi connectivity index (χ0v) is 15.3. The molecule has 6 heteroatoms. The molecule has 1 heterocycles. The van der Waals surface area contributed by atoms with Crippen LogP contribution in [0, 0.1) is 5.92 Å². The largest absolute Gasteiger partial charge is 0.353 e. The summed E-state index contributed by atoms with van der Waals surface area (Å²) in [5, 5.41) is 5.88. The Morgan fingerprint density at radius 3 is 2.54 bits per heavy atom. The first-order valence-corrected chi connectivity index (χ1v) is 9.51. The van der Waals surface area contributed by atoms with Gasteiger partial charge in [0.05, 0.1) is 5.92 Å². The molecule has 1 saturated heterocycles. The van der Waals surface area contributed by atoms with Crippen molar-refractivity contribution in [3.63, 3.8) is 0 Å². The normalized spacial score (nSPS) is 21.3. The maximum Gasteiger partial charge on any atom is 0.227 e. The van der Waals surface area contributed by atoms with Gasteiger partial charge in [0.15, 0.2) is 0 Å². The number of nitrogens with zero attached hydrogens (tertiary/aromatic N) is 1. The zero-order chi connectivity index (χ0) is 18.5. The predicted molar refractivity (Wildman–Crippen MR) is 101 cm³/mol. The standard InChI is InChI=1S/C20H27N3O3/c1-14(24)21-17-9-6-10-18(12-17)23-13-15(11-19(23)25)20(26)22-16-7-4-2-3-5-8-16/h6,9-10,12,15-16H,2-5,7-8,11,13H2,1H3,(H,21,24)(H,22,26)/t15-/m0/s1. The number of anilines is 2. The Hall–Kier alpha value is -2.37. The lowest BCUT2D eigenvalue weighted by atomic mass is 10.0. The zero-order valence-electron chi connectivity index (χ0n) is 15.3. The van der Waals surface area contributed by atoms with Gasteiger partial charge in [-0.15, -0.1) is 0 Å². The summed E-state index contributed by atoms with van der Waals surface area (Å²) in [6.07, 6.45) is 7.12. The molecule has 1 aliphatic heterocycles. The first-order valence-electron chi connectivity index (χ1n) is 9.51. The van der Waals surface area contributed by atoms with Gasteiger partial charge in [0.2, 0.25) is 17.7 Å². The van der Waals surface area contributed by atoms with E-state index < -0.39 is 0 Å². The van der Waals surface area contributed by atoms with E-state index in [2.05, 4.69) is 10.6 Å². The summed E-state index contributed by atoms with van der Waals surface area (Å²) in [5.41, 5.74) is 1.36. The Morgan fingerprint density at radius 2 is 1.85 bits per heavy atom. The van der Waals surface area contributed by atoms with Crippen LogP contribution in [-0.4, -0.2) is 30.3 Å². The van der Waals surface area contributed by atoms with Gasteiger partial charge in [0.25, 0.3) is 0 Å². The van der Waals surface area contributed by atoms with Gasteiger partial charge in [-0.05, 0) is 31.0 Å². The van der Waals surface area contributed by atoms with Crippen molar-refractivity contribution in [2.75, 3.05) is 16.8 Å². The highest BCUT2D eigenvalue weighted by Gasteiger charge is 2.35. The average molecular weight is 357 g/mol. The van der Waals surface area contributed by atoms with E-state index in [0.29, 0.717) is 17.9 Å². The maximum atomic E-state index is 12.6. The van der Waals surface area contributed by atoms with E-state index in [0.717, 1.165) is 25.7 Å². The van der Waals surface area contributed by atoms with Crippen molar-refractivity contribution >= 4 is 29.1 Å². The van der Waals surface area contributed by atoms with Crippen LogP contribution in [0.25, 0.3) is 0 Å². The van der Waals surface area contributed by atoms with E-state index in [1.807, 2.05) is 6.07 Å². The number of benzene rings is 1. The average Bonchev–Trinajstić information content (AvgIpc) is 2.81. The molecule has 1 aromatic rings. The van der Waals surface area contributed by atoms with Crippen LogP contribution in [-0.2, 0) is 14.4 Å². The molecule has 6 nitrogen and oxygen atoms in total. The van der Waals surface area contributed by atoms with Gasteiger partial charge in [-0.1, -0.05) is 31.7 Å². The van der Waals surface area contributed by atoms with Crippen LogP contribution in [0.1, 0.15) is 51.9 Å². The number of amides is 3. The number of hydrogen-bond donors (Lipinski definition) is 2. The topological polar surface area (TPSA) is 78.5 Å². The van der Waals surface area contributed by atoms with Crippen molar-refractivity contribution < 1.29 is 14.4 Å². The van der Waals surface area contributed by atoms with Crippen LogP contribution in [0.2, 0.25) is 0 Å². The second-order valence-corrected chi connectivity index (χ2v) is 7.33. The SMILES string of the molecule is CC(=O)Nc1cccc(N2C[C@@H](C(=O)NC3CCCCCC3)CC2=O)c1. The van der Waals surface area contributed by atoms with E-state index >= 15 is 0 Å².